The lowest BCUT2D eigenvalue weighted by Gasteiger charge is -2.33. The van der Waals surface area contributed by atoms with Crippen LogP contribution in [0, 0.1) is 0 Å². The molecule has 0 saturated carbocycles. The van der Waals surface area contributed by atoms with Crippen LogP contribution in [0.25, 0.3) is 10.4 Å². The second-order valence-corrected chi connectivity index (χ2v) is 3.07. The topological polar surface area (TPSA) is 67.2 Å². The van der Waals surface area contributed by atoms with Crippen molar-refractivity contribution in [2.45, 2.75) is 31.9 Å². The zero-order chi connectivity index (χ0) is 9.52. The van der Waals surface area contributed by atoms with Crippen LogP contribution in [0.15, 0.2) is 5.11 Å². The summed E-state index contributed by atoms with van der Waals surface area (Å²) < 4.78 is 10.5. The fourth-order valence-electron chi connectivity index (χ4n) is 1.10. The molecule has 0 aromatic rings. The molecular formula is C8H15N3O2. The molecule has 1 heterocycles. The van der Waals surface area contributed by atoms with Crippen LogP contribution in [0.4, 0.5) is 0 Å². The highest BCUT2D eigenvalue weighted by Crippen LogP contribution is 2.16. The number of unbranched alkanes of at least 4 members (excludes halogenated alkanes) is 1. The molecule has 0 aromatic heterocycles. The van der Waals surface area contributed by atoms with Gasteiger partial charge in [-0.25, -0.2) is 0 Å². The van der Waals surface area contributed by atoms with Gasteiger partial charge in [-0.3, -0.25) is 0 Å². The summed E-state index contributed by atoms with van der Waals surface area (Å²) in [6, 6.07) is -0.0216. The minimum atomic E-state index is -0.0216. The Bertz CT molecular complexity index is 192. The second kappa shape index (κ2) is 5.80. The zero-order valence-corrected chi connectivity index (χ0v) is 7.85. The summed E-state index contributed by atoms with van der Waals surface area (Å²) in [6.45, 7) is 3.96. The summed E-state index contributed by atoms with van der Waals surface area (Å²) in [5.41, 5.74) is 8.19. The molecule has 1 aliphatic heterocycles. The predicted molar refractivity (Wildman–Crippen MR) is 48.4 cm³/mol. The fourth-order valence-corrected chi connectivity index (χ4v) is 1.10. The van der Waals surface area contributed by atoms with Gasteiger partial charge in [-0.1, -0.05) is 18.5 Å². The summed E-state index contributed by atoms with van der Waals surface area (Å²) in [6.07, 6.45) is 2.18. The first kappa shape index (κ1) is 10.3. The first-order valence-electron chi connectivity index (χ1n) is 4.62. The molecule has 0 spiro atoms. The van der Waals surface area contributed by atoms with Crippen molar-refractivity contribution in [1.29, 1.82) is 0 Å². The van der Waals surface area contributed by atoms with Crippen molar-refractivity contribution < 1.29 is 9.47 Å². The van der Waals surface area contributed by atoms with E-state index in [1.165, 1.54) is 0 Å². The van der Waals surface area contributed by atoms with E-state index in [0.717, 1.165) is 19.4 Å². The molecule has 0 amide bonds. The van der Waals surface area contributed by atoms with Crippen LogP contribution in [-0.2, 0) is 9.47 Å². The average Bonchev–Trinajstić information content (AvgIpc) is 2.12. The molecule has 2 atom stereocenters. The molecular weight excluding hydrogens is 170 g/mol. The molecule has 1 fully saturated rings. The molecule has 1 saturated heterocycles. The van der Waals surface area contributed by atoms with E-state index in [4.69, 9.17) is 15.0 Å². The third kappa shape index (κ3) is 3.22. The van der Waals surface area contributed by atoms with Gasteiger partial charge in [0.1, 0.15) is 0 Å². The van der Waals surface area contributed by atoms with Gasteiger partial charge in [0.2, 0.25) is 0 Å². The summed E-state index contributed by atoms with van der Waals surface area (Å²) in [5, 5.41) is 3.59. The van der Waals surface area contributed by atoms with Gasteiger partial charge in [0.05, 0.1) is 25.4 Å². The summed E-state index contributed by atoms with van der Waals surface area (Å²) in [5.74, 6) is 0. The van der Waals surface area contributed by atoms with Crippen molar-refractivity contribution in [3.05, 3.63) is 10.4 Å². The maximum absolute atomic E-state index is 8.19. The Labute approximate surface area is 77.6 Å². The molecule has 0 aromatic carbocycles. The molecule has 5 nitrogen and oxygen atoms in total. The van der Waals surface area contributed by atoms with Crippen molar-refractivity contribution in [2.24, 2.45) is 5.11 Å². The van der Waals surface area contributed by atoms with Crippen LogP contribution >= 0.6 is 0 Å². The monoisotopic (exact) mass is 185 g/mol. The summed E-state index contributed by atoms with van der Waals surface area (Å²) in [7, 11) is 0. The third-order valence-corrected chi connectivity index (χ3v) is 2.03. The summed E-state index contributed by atoms with van der Waals surface area (Å²) in [4.78, 5) is 2.74. The van der Waals surface area contributed by atoms with Gasteiger partial charge in [0.25, 0.3) is 0 Å². The van der Waals surface area contributed by atoms with Crippen LogP contribution in [-0.4, -0.2) is 32.0 Å². The van der Waals surface area contributed by atoms with E-state index >= 15 is 0 Å². The van der Waals surface area contributed by atoms with E-state index in [1.807, 2.05) is 0 Å². The van der Waals surface area contributed by atoms with E-state index in [0.29, 0.717) is 13.2 Å². The molecule has 0 radical (unpaired) electrons. The largest absolute Gasteiger partial charge is 0.379 e. The van der Waals surface area contributed by atoms with Gasteiger partial charge < -0.3 is 9.47 Å². The number of nitrogens with zero attached hydrogens (tertiary/aromatic N) is 3. The average molecular weight is 185 g/mol. The van der Waals surface area contributed by atoms with Crippen molar-refractivity contribution in [3.8, 4) is 0 Å². The van der Waals surface area contributed by atoms with E-state index < -0.39 is 0 Å². The van der Waals surface area contributed by atoms with E-state index in [9.17, 15) is 0 Å². The first-order valence-corrected chi connectivity index (χ1v) is 4.62. The fraction of sp³-hybridized carbons (Fsp3) is 1.00. The Kier molecular flexibility index (Phi) is 4.60. The number of hydrogen-bond acceptors (Lipinski definition) is 3. The van der Waals surface area contributed by atoms with Crippen LogP contribution in [0.5, 0.6) is 0 Å². The SMILES string of the molecule is CCCCOC[C@@H]1OC[C@@H]1N=[N+]=[N-]. The van der Waals surface area contributed by atoms with Gasteiger partial charge in [0, 0.05) is 11.5 Å². The van der Waals surface area contributed by atoms with E-state index in [-0.39, 0.29) is 12.1 Å². The standard InChI is InChI=1S/C8H15N3O2/c1-2-3-4-12-6-8-7(5-13-8)10-11-9/h7-8H,2-6H2,1H3/t7-,8-/m0/s1. The molecule has 1 aliphatic rings. The van der Waals surface area contributed by atoms with Gasteiger partial charge in [-0.15, -0.1) is 0 Å². The third-order valence-electron chi connectivity index (χ3n) is 2.03. The maximum atomic E-state index is 8.19. The lowest BCUT2D eigenvalue weighted by molar-refractivity contribution is -0.111. The number of rotatable bonds is 6. The van der Waals surface area contributed by atoms with Gasteiger partial charge in [-0.2, -0.15) is 0 Å². The molecule has 1 rings (SSSR count). The van der Waals surface area contributed by atoms with E-state index in [2.05, 4.69) is 16.9 Å². The molecule has 74 valence electrons. The minimum absolute atomic E-state index is 0.0206. The van der Waals surface area contributed by atoms with Crippen LogP contribution in [0.3, 0.4) is 0 Å². The van der Waals surface area contributed by atoms with Crippen molar-refractivity contribution in [1.82, 2.24) is 0 Å². The zero-order valence-electron chi connectivity index (χ0n) is 7.85. The molecule has 0 aliphatic carbocycles. The normalized spacial score (nSPS) is 26.2. The Morgan fingerprint density at radius 2 is 2.54 bits per heavy atom. The predicted octanol–water partition coefficient (Wildman–Crippen LogP) is 1.88. The molecule has 0 unspecified atom stereocenters. The summed E-state index contributed by atoms with van der Waals surface area (Å²) >= 11 is 0. The Hall–Kier alpha value is -0.770. The highest BCUT2D eigenvalue weighted by Gasteiger charge is 2.31. The maximum Gasteiger partial charge on any atom is 0.0915 e. The number of hydrogen-bond donors (Lipinski definition) is 0. The van der Waals surface area contributed by atoms with Gasteiger partial charge in [-0.05, 0) is 12.0 Å². The lowest BCUT2D eigenvalue weighted by Crippen LogP contribution is -2.46. The number of azide groups is 1. The van der Waals surface area contributed by atoms with Crippen molar-refractivity contribution >= 4 is 0 Å². The van der Waals surface area contributed by atoms with Gasteiger partial charge >= 0.3 is 0 Å². The highest BCUT2D eigenvalue weighted by molar-refractivity contribution is 4.85. The van der Waals surface area contributed by atoms with Crippen LogP contribution in [0.2, 0.25) is 0 Å². The van der Waals surface area contributed by atoms with Gasteiger partial charge in [0.15, 0.2) is 0 Å². The van der Waals surface area contributed by atoms with Crippen LogP contribution < -0.4 is 0 Å². The minimum Gasteiger partial charge on any atom is -0.379 e. The Balaban J connectivity index is 2.05. The number of ether oxygens (including phenoxy) is 2. The first-order chi connectivity index (χ1) is 6.38. The molecule has 0 bridgehead atoms. The Morgan fingerprint density at radius 1 is 1.69 bits per heavy atom. The molecule has 0 N–H and O–H groups in total. The van der Waals surface area contributed by atoms with Crippen LogP contribution in [0.1, 0.15) is 19.8 Å². The molecule has 5 heteroatoms. The second-order valence-electron chi connectivity index (χ2n) is 3.07. The lowest BCUT2D eigenvalue weighted by atomic mass is 10.1. The molecule has 13 heavy (non-hydrogen) atoms. The quantitative estimate of drug-likeness (QED) is 0.274. The Morgan fingerprint density at radius 3 is 3.08 bits per heavy atom. The smallest absolute Gasteiger partial charge is 0.0915 e. The van der Waals surface area contributed by atoms with E-state index in [1.54, 1.807) is 0 Å². The van der Waals surface area contributed by atoms with Crippen molar-refractivity contribution in [3.63, 3.8) is 0 Å². The van der Waals surface area contributed by atoms with Crippen molar-refractivity contribution in [2.75, 3.05) is 19.8 Å². The highest BCUT2D eigenvalue weighted by atomic mass is 16.5.